The van der Waals surface area contributed by atoms with Crippen LogP contribution in [0, 0.1) is 5.41 Å². The molecule has 4 nitrogen and oxygen atoms in total. The lowest BCUT2D eigenvalue weighted by Gasteiger charge is -2.28. The highest BCUT2D eigenvalue weighted by molar-refractivity contribution is 7.08. The first-order valence-corrected chi connectivity index (χ1v) is 6.21. The van der Waals surface area contributed by atoms with Crippen LogP contribution in [0.15, 0.2) is 16.8 Å². The molecule has 5 heteroatoms. The third-order valence-electron chi connectivity index (χ3n) is 2.36. The van der Waals surface area contributed by atoms with Gasteiger partial charge in [0.2, 0.25) is 0 Å². The molecule has 1 heterocycles. The predicted molar refractivity (Wildman–Crippen MR) is 67.0 cm³/mol. The zero-order valence-corrected chi connectivity index (χ0v) is 11.3. The molecule has 1 rings (SSSR count). The Balaban J connectivity index is 2.81. The molecule has 0 aromatic carbocycles. The fourth-order valence-corrected chi connectivity index (χ4v) is 1.99. The Bertz CT molecular complexity index is 392. The highest BCUT2D eigenvalue weighted by Crippen LogP contribution is 2.21. The van der Waals surface area contributed by atoms with Gasteiger partial charge in [-0.3, -0.25) is 4.79 Å². The minimum absolute atomic E-state index is 0.253. The van der Waals surface area contributed by atoms with Crippen molar-refractivity contribution in [3.8, 4) is 0 Å². The molecule has 0 fully saturated rings. The number of thiophene rings is 1. The molecule has 1 N–H and O–H groups in total. The third-order valence-corrected chi connectivity index (χ3v) is 3.04. The van der Waals surface area contributed by atoms with Gasteiger partial charge in [0, 0.05) is 5.38 Å². The minimum atomic E-state index is -0.653. The molecule has 0 spiro atoms. The Morgan fingerprint density at radius 2 is 2.06 bits per heavy atom. The monoisotopic (exact) mass is 255 g/mol. The zero-order chi connectivity index (χ0) is 13.1. The molecule has 0 saturated heterocycles. The van der Waals surface area contributed by atoms with E-state index in [2.05, 4.69) is 5.32 Å². The van der Waals surface area contributed by atoms with Crippen molar-refractivity contribution in [2.24, 2.45) is 5.41 Å². The van der Waals surface area contributed by atoms with E-state index in [0.717, 1.165) is 0 Å². The van der Waals surface area contributed by atoms with Gasteiger partial charge in [-0.05, 0) is 16.9 Å². The number of rotatable bonds is 3. The van der Waals surface area contributed by atoms with Crippen LogP contribution in [0.4, 0.5) is 0 Å². The smallest absolute Gasteiger partial charge is 0.328 e. The van der Waals surface area contributed by atoms with Gasteiger partial charge in [0.1, 0.15) is 6.04 Å². The van der Waals surface area contributed by atoms with Crippen LogP contribution in [0.1, 0.15) is 31.1 Å². The second kappa shape index (κ2) is 5.31. The minimum Gasteiger partial charge on any atom is -0.467 e. The molecule has 0 unspecified atom stereocenters. The summed E-state index contributed by atoms with van der Waals surface area (Å²) in [6.07, 6.45) is 0. The number of ether oxygens (including phenoxy) is 1. The number of nitrogens with one attached hydrogen (secondary N) is 1. The zero-order valence-electron chi connectivity index (χ0n) is 10.4. The molecular formula is C12H17NO3S. The summed E-state index contributed by atoms with van der Waals surface area (Å²) in [5.74, 6) is -0.683. The highest BCUT2D eigenvalue weighted by Gasteiger charge is 2.33. The Morgan fingerprint density at radius 1 is 1.41 bits per heavy atom. The Kier molecular flexibility index (Phi) is 4.28. The molecule has 0 saturated carbocycles. The average molecular weight is 255 g/mol. The average Bonchev–Trinajstić information content (AvgIpc) is 2.76. The van der Waals surface area contributed by atoms with Crippen molar-refractivity contribution < 1.29 is 14.3 Å². The molecule has 1 aromatic rings. The molecule has 0 aliphatic rings. The standard InChI is InChI=1S/C12H17NO3S/c1-12(2,3)9(11(15)16-4)13-10(14)8-5-6-17-7-8/h5-7,9H,1-4H3,(H,13,14)/t9-/m1/s1. The number of hydrogen-bond donors (Lipinski definition) is 1. The van der Waals surface area contributed by atoms with Crippen LogP contribution in [0.5, 0.6) is 0 Å². The first-order chi connectivity index (χ1) is 7.86. The van der Waals surface area contributed by atoms with Gasteiger partial charge in [-0.1, -0.05) is 20.8 Å². The second-order valence-corrected chi connectivity index (χ2v) is 5.59. The van der Waals surface area contributed by atoms with Crippen LogP contribution in [0.3, 0.4) is 0 Å². The van der Waals surface area contributed by atoms with E-state index in [4.69, 9.17) is 4.74 Å². The van der Waals surface area contributed by atoms with Gasteiger partial charge in [0.05, 0.1) is 12.7 Å². The summed E-state index contributed by atoms with van der Waals surface area (Å²) in [6.45, 7) is 5.63. The fraction of sp³-hybridized carbons (Fsp3) is 0.500. The first-order valence-electron chi connectivity index (χ1n) is 5.27. The Hall–Kier alpha value is -1.36. The maximum atomic E-state index is 11.9. The Morgan fingerprint density at radius 3 is 2.47 bits per heavy atom. The van der Waals surface area contributed by atoms with Crippen molar-refractivity contribution in [2.45, 2.75) is 26.8 Å². The molecule has 94 valence electrons. The lowest BCUT2D eigenvalue weighted by molar-refractivity contribution is -0.145. The van der Waals surface area contributed by atoms with E-state index in [-0.39, 0.29) is 5.91 Å². The van der Waals surface area contributed by atoms with Crippen molar-refractivity contribution >= 4 is 23.2 Å². The SMILES string of the molecule is COC(=O)[C@@H](NC(=O)c1ccsc1)C(C)(C)C. The fourth-order valence-electron chi connectivity index (χ4n) is 1.35. The van der Waals surface area contributed by atoms with Gasteiger partial charge in [-0.15, -0.1) is 0 Å². The largest absolute Gasteiger partial charge is 0.467 e. The number of hydrogen-bond acceptors (Lipinski definition) is 4. The van der Waals surface area contributed by atoms with E-state index < -0.39 is 17.4 Å². The molecular weight excluding hydrogens is 238 g/mol. The number of esters is 1. The van der Waals surface area contributed by atoms with Gasteiger partial charge in [0.15, 0.2) is 0 Å². The van der Waals surface area contributed by atoms with Gasteiger partial charge in [-0.2, -0.15) is 11.3 Å². The molecule has 1 aromatic heterocycles. The van der Waals surface area contributed by atoms with E-state index in [9.17, 15) is 9.59 Å². The van der Waals surface area contributed by atoms with Gasteiger partial charge in [0.25, 0.3) is 5.91 Å². The normalized spacial score (nSPS) is 12.9. The number of amides is 1. The summed E-state index contributed by atoms with van der Waals surface area (Å²) in [4.78, 5) is 23.5. The summed E-state index contributed by atoms with van der Waals surface area (Å²) >= 11 is 1.44. The van der Waals surface area contributed by atoms with E-state index in [0.29, 0.717) is 5.56 Å². The summed E-state index contributed by atoms with van der Waals surface area (Å²) in [5, 5.41) is 6.26. The summed E-state index contributed by atoms with van der Waals surface area (Å²) in [6, 6.07) is 1.07. The van der Waals surface area contributed by atoms with Crippen molar-refractivity contribution in [1.82, 2.24) is 5.32 Å². The lowest BCUT2D eigenvalue weighted by Crippen LogP contribution is -2.49. The molecule has 0 bridgehead atoms. The third kappa shape index (κ3) is 3.56. The van der Waals surface area contributed by atoms with E-state index in [1.165, 1.54) is 18.4 Å². The molecule has 17 heavy (non-hydrogen) atoms. The summed E-state index contributed by atoms with van der Waals surface area (Å²) < 4.78 is 4.71. The summed E-state index contributed by atoms with van der Waals surface area (Å²) in [7, 11) is 1.32. The Labute approximate surface area is 105 Å². The quantitative estimate of drug-likeness (QED) is 0.841. The van der Waals surface area contributed by atoms with Crippen LogP contribution < -0.4 is 5.32 Å². The van der Waals surface area contributed by atoms with Crippen LogP contribution in [-0.4, -0.2) is 25.0 Å². The van der Waals surface area contributed by atoms with Crippen LogP contribution >= 0.6 is 11.3 Å². The topological polar surface area (TPSA) is 55.4 Å². The maximum absolute atomic E-state index is 11.9. The molecule has 0 radical (unpaired) electrons. The predicted octanol–water partition coefficient (Wildman–Crippen LogP) is 2.07. The van der Waals surface area contributed by atoms with Gasteiger partial charge >= 0.3 is 5.97 Å². The van der Waals surface area contributed by atoms with Crippen LogP contribution in [-0.2, 0) is 9.53 Å². The van der Waals surface area contributed by atoms with Gasteiger partial charge in [-0.25, -0.2) is 4.79 Å². The van der Waals surface area contributed by atoms with Gasteiger partial charge < -0.3 is 10.1 Å². The van der Waals surface area contributed by atoms with E-state index >= 15 is 0 Å². The van der Waals surface area contributed by atoms with Crippen molar-refractivity contribution in [2.75, 3.05) is 7.11 Å². The second-order valence-electron chi connectivity index (χ2n) is 4.81. The molecule has 1 atom stereocenters. The van der Waals surface area contributed by atoms with Crippen LogP contribution in [0.25, 0.3) is 0 Å². The molecule has 0 aliphatic carbocycles. The lowest BCUT2D eigenvalue weighted by atomic mass is 9.86. The van der Waals surface area contributed by atoms with E-state index in [1.807, 2.05) is 26.2 Å². The number of carbonyl (C=O) groups is 2. The van der Waals surface area contributed by atoms with Crippen molar-refractivity contribution in [3.63, 3.8) is 0 Å². The number of carbonyl (C=O) groups excluding carboxylic acids is 2. The highest BCUT2D eigenvalue weighted by atomic mass is 32.1. The molecule has 0 aliphatic heterocycles. The summed E-state index contributed by atoms with van der Waals surface area (Å²) in [5.41, 5.74) is 0.173. The van der Waals surface area contributed by atoms with Crippen LogP contribution in [0.2, 0.25) is 0 Å². The molecule has 1 amide bonds. The van der Waals surface area contributed by atoms with Crippen molar-refractivity contribution in [3.05, 3.63) is 22.4 Å². The maximum Gasteiger partial charge on any atom is 0.328 e. The van der Waals surface area contributed by atoms with Crippen molar-refractivity contribution in [1.29, 1.82) is 0 Å². The first kappa shape index (κ1) is 13.7. The number of methoxy groups -OCH3 is 1. The van der Waals surface area contributed by atoms with E-state index in [1.54, 1.807) is 11.4 Å².